The maximum atomic E-state index is 12.5. The molecule has 4 nitrogen and oxygen atoms in total. The number of hydrogen-bond donors (Lipinski definition) is 0. The maximum absolute atomic E-state index is 12.5. The smallest absolute Gasteiger partial charge is 0.223 e. The minimum Gasteiger partial charge on any atom is -0.361 e. The molecule has 1 atom stereocenters. The highest BCUT2D eigenvalue weighted by Crippen LogP contribution is 2.33. The molecular formula is C16H20N2O2S. The second kappa shape index (κ2) is 5.64. The molecule has 0 radical (unpaired) electrons. The third-order valence-electron chi connectivity index (χ3n) is 4.37. The quantitative estimate of drug-likeness (QED) is 0.872. The van der Waals surface area contributed by atoms with E-state index in [0.717, 1.165) is 30.0 Å². The fourth-order valence-corrected chi connectivity index (χ4v) is 4.05. The third kappa shape index (κ3) is 2.62. The van der Waals surface area contributed by atoms with Crippen LogP contribution in [0.3, 0.4) is 0 Å². The molecule has 3 heterocycles. The average molecular weight is 304 g/mol. The first kappa shape index (κ1) is 14.3. The summed E-state index contributed by atoms with van der Waals surface area (Å²) < 4.78 is 5.16. The van der Waals surface area contributed by atoms with Gasteiger partial charge in [0.25, 0.3) is 0 Å². The lowest BCUT2D eigenvalue weighted by molar-refractivity contribution is -0.133. The summed E-state index contributed by atoms with van der Waals surface area (Å²) >= 11 is 1.80. The molecule has 0 saturated carbocycles. The molecule has 2 aromatic heterocycles. The lowest BCUT2D eigenvalue weighted by Gasteiger charge is -2.33. The van der Waals surface area contributed by atoms with Crippen molar-refractivity contribution in [1.82, 2.24) is 10.1 Å². The number of aromatic nitrogens is 1. The molecule has 0 unspecified atom stereocenters. The molecule has 0 N–H and O–H groups in total. The van der Waals surface area contributed by atoms with E-state index >= 15 is 0 Å². The van der Waals surface area contributed by atoms with Crippen molar-refractivity contribution in [3.8, 4) is 0 Å². The van der Waals surface area contributed by atoms with Gasteiger partial charge in [-0.05, 0) is 50.6 Å². The van der Waals surface area contributed by atoms with E-state index in [1.165, 1.54) is 10.4 Å². The van der Waals surface area contributed by atoms with Crippen molar-refractivity contribution in [2.24, 2.45) is 0 Å². The molecular weight excluding hydrogens is 284 g/mol. The molecule has 5 heteroatoms. The Bertz CT molecular complexity index is 640. The molecule has 0 aliphatic carbocycles. The van der Waals surface area contributed by atoms with E-state index < -0.39 is 0 Å². The lowest BCUT2D eigenvalue weighted by atomic mass is 10.00. The van der Waals surface area contributed by atoms with E-state index in [4.69, 9.17) is 4.52 Å². The Hall–Kier alpha value is -1.62. The Morgan fingerprint density at radius 3 is 3.05 bits per heavy atom. The normalized spacial score (nSPS) is 17.9. The van der Waals surface area contributed by atoms with E-state index in [2.05, 4.69) is 23.5 Å². The van der Waals surface area contributed by atoms with E-state index in [9.17, 15) is 4.79 Å². The summed E-state index contributed by atoms with van der Waals surface area (Å²) in [5.41, 5.74) is 3.29. The standard InChI is InChI=1S/C16H20N2O2S/c1-10-13(12(3)20-17-10)4-5-16(19)18-8-6-15-14(11(18)2)7-9-21-15/h7,9,11H,4-6,8H2,1-3H3/t11-/m1/s1. The fraction of sp³-hybridized carbons (Fsp3) is 0.500. The third-order valence-corrected chi connectivity index (χ3v) is 5.36. The number of aryl methyl sites for hydroxylation is 2. The summed E-state index contributed by atoms with van der Waals surface area (Å²) in [5, 5.41) is 6.07. The first-order valence-electron chi connectivity index (χ1n) is 7.35. The molecule has 2 aromatic rings. The van der Waals surface area contributed by atoms with Crippen molar-refractivity contribution in [1.29, 1.82) is 0 Å². The predicted molar refractivity (Wildman–Crippen MR) is 82.4 cm³/mol. The van der Waals surface area contributed by atoms with Crippen molar-refractivity contribution >= 4 is 17.2 Å². The molecule has 0 spiro atoms. The highest BCUT2D eigenvalue weighted by atomic mass is 32.1. The summed E-state index contributed by atoms with van der Waals surface area (Å²) in [6.45, 7) is 6.78. The summed E-state index contributed by atoms with van der Waals surface area (Å²) in [5.74, 6) is 1.05. The molecule has 0 saturated heterocycles. The summed E-state index contributed by atoms with van der Waals surface area (Å²) in [6.07, 6.45) is 2.21. The molecule has 1 aliphatic heterocycles. The highest BCUT2D eigenvalue weighted by molar-refractivity contribution is 7.10. The van der Waals surface area contributed by atoms with Crippen LogP contribution in [0.2, 0.25) is 0 Å². The summed E-state index contributed by atoms with van der Waals surface area (Å²) in [6, 6.07) is 2.34. The van der Waals surface area contributed by atoms with E-state index in [1.807, 2.05) is 18.7 Å². The number of hydrogen-bond acceptors (Lipinski definition) is 4. The molecule has 0 fully saturated rings. The Morgan fingerprint density at radius 1 is 1.52 bits per heavy atom. The van der Waals surface area contributed by atoms with Crippen LogP contribution in [-0.4, -0.2) is 22.5 Å². The Kier molecular flexibility index (Phi) is 3.85. The van der Waals surface area contributed by atoms with Gasteiger partial charge in [-0.15, -0.1) is 11.3 Å². The zero-order valence-corrected chi connectivity index (χ0v) is 13.5. The molecule has 1 amide bonds. The number of nitrogens with zero attached hydrogens (tertiary/aromatic N) is 2. The first-order valence-corrected chi connectivity index (χ1v) is 8.23. The Balaban J connectivity index is 1.67. The van der Waals surface area contributed by atoms with Crippen LogP contribution in [0.5, 0.6) is 0 Å². The minimum atomic E-state index is 0.192. The van der Waals surface area contributed by atoms with Crippen LogP contribution in [0.15, 0.2) is 16.0 Å². The molecule has 3 rings (SSSR count). The topological polar surface area (TPSA) is 46.3 Å². The van der Waals surface area contributed by atoms with Gasteiger partial charge in [-0.25, -0.2) is 0 Å². The van der Waals surface area contributed by atoms with Gasteiger partial charge in [-0.1, -0.05) is 5.16 Å². The van der Waals surface area contributed by atoms with Gasteiger partial charge in [-0.2, -0.15) is 0 Å². The van der Waals surface area contributed by atoms with Crippen LogP contribution in [0.4, 0.5) is 0 Å². The first-order chi connectivity index (χ1) is 10.1. The molecule has 21 heavy (non-hydrogen) atoms. The van der Waals surface area contributed by atoms with Gasteiger partial charge in [0, 0.05) is 23.4 Å². The van der Waals surface area contributed by atoms with Gasteiger partial charge in [0.05, 0.1) is 11.7 Å². The molecule has 0 bridgehead atoms. The number of carbonyl (C=O) groups is 1. The van der Waals surface area contributed by atoms with Crippen LogP contribution in [0.25, 0.3) is 0 Å². The van der Waals surface area contributed by atoms with E-state index in [-0.39, 0.29) is 11.9 Å². The van der Waals surface area contributed by atoms with Gasteiger partial charge in [-0.3, -0.25) is 4.79 Å². The van der Waals surface area contributed by atoms with Gasteiger partial charge in [0.1, 0.15) is 5.76 Å². The average Bonchev–Trinajstić information content (AvgIpc) is 3.05. The number of carbonyl (C=O) groups excluding carboxylic acids is 1. The van der Waals surface area contributed by atoms with E-state index in [0.29, 0.717) is 12.8 Å². The highest BCUT2D eigenvalue weighted by Gasteiger charge is 2.28. The Labute approximate surface area is 128 Å². The van der Waals surface area contributed by atoms with Crippen LogP contribution >= 0.6 is 11.3 Å². The molecule has 0 aromatic carbocycles. The van der Waals surface area contributed by atoms with Gasteiger partial charge < -0.3 is 9.42 Å². The number of thiophene rings is 1. The lowest BCUT2D eigenvalue weighted by Crippen LogP contribution is -2.38. The van der Waals surface area contributed by atoms with Crippen LogP contribution in [-0.2, 0) is 17.6 Å². The van der Waals surface area contributed by atoms with Gasteiger partial charge >= 0.3 is 0 Å². The number of rotatable bonds is 3. The predicted octanol–water partition coefficient (Wildman–Crippen LogP) is 3.43. The summed E-state index contributed by atoms with van der Waals surface area (Å²) in [4.78, 5) is 16.0. The zero-order chi connectivity index (χ0) is 15.0. The van der Waals surface area contributed by atoms with E-state index in [1.54, 1.807) is 11.3 Å². The zero-order valence-electron chi connectivity index (χ0n) is 12.7. The van der Waals surface area contributed by atoms with Crippen molar-refractivity contribution in [3.63, 3.8) is 0 Å². The second-order valence-electron chi connectivity index (χ2n) is 5.61. The van der Waals surface area contributed by atoms with Gasteiger partial charge in [0.15, 0.2) is 0 Å². The second-order valence-corrected chi connectivity index (χ2v) is 6.62. The summed E-state index contributed by atoms with van der Waals surface area (Å²) in [7, 11) is 0. The minimum absolute atomic E-state index is 0.192. The van der Waals surface area contributed by atoms with Crippen LogP contribution < -0.4 is 0 Å². The van der Waals surface area contributed by atoms with Gasteiger partial charge in [0.2, 0.25) is 5.91 Å². The number of fused-ring (bicyclic) bond motifs is 1. The number of amides is 1. The Morgan fingerprint density at radius 2 is 2.33 bits per heavy atom. The fourth-order valence-electron chi connectivity index (χ4n) is 3.08. The van der Waals surface area contributed by atoms with Crippen molar-refractivity contribution in [3.05, 3.63) is 38.9 Å². The van der Waals surface area contributed by atoms with Crippen LogP contribution in [0.1, 0.15) is 46.8 Å². The molecule has 112 valence electrons. The van der Waals surface area contributed by atoms with Crippen LogP contribution in [0, 0.1) is 13.8 Å². The molecule has 1 aliphatic rings. The van der Waals surface area contributed by atoms with Crippen molar-refractivity contribution in [2.45, 2.75) is 46.1 Å². The largest absolute Gasteiger partial charge is 0.361 e. The SMILES string of the molecule is Cc1noc(C)c1CCC(=O)N1CCc2sccc2[C@H]1C. The maximum Gasteiger partial charge on any atom is 0.223 e. The monoisotopic (exact) mass is 304 g/mol. The van der Waals surface area contributed by atoms with Crippen molar-refractivity contribution in [2.75, 3.05) is 6.54 Å². The van der Waals surface area contributed by atoms with Crippen molar-refractivity contribution < 1.29 is 9.32 Å².